The Kier molecular flexibility index (Phi) is 54.5. The summed E-state index contributed by atoms with van der Waals surface area (Å²) in [6.45, 7) is 3.59. The lowest BCUT2D eigenvalue weighted by Crippen LogP contribution is -2.10. The van der Waals surface area contributed by atoms with E-state index in [1.807, 2.05) is 53.2 Å². The van der Waals surface area contributed by atoms with Crippen LogP contribution in [0.2, 0.25) is 0 Å². The number of hydrogen-bond donors (Lipinski definition) is 0. The zero-order valence-corrected chi connectivity index (χ0v) is 64.3. The van der Waals surface area contributed by atoms with Crippen molar-refractivity contribution < 1.29 is 75.7 Å². The molecule has 30 nitrogen and oxygen atoms in total. The van der Waals surface area contributed by atoms with Gasteiger partial charge in [-0.3, -0.25) is 62.9 Å². The van der Waals surface area contributed by atoms with Crippen molar-refractivity contribution in [1.29, 1.82) is 57.9 Å². The molecule has 0 fully saturated rings. The van der Waals surface area contributed by atoms with Crippen LogP contribution in [0.15, 0.2) is 245 Å². The number of carbonyl (C=O) groups excluding carboxylic acids is 10. The van der Waals surface area contributed by atoms with E-state index in [9.17, 15) is 47.9 Å². The van der Waals surface area contributed by atoms with Gasteiger partial charge in [0, 0.05) is 53.1 Å². The molecule has 32 heteroatoms. The number of rotatable bonds is 29. The first-order valence-corrected chi connectivity index (χ1v) is 35.7. The summed E-state index contributed by atoms with van der Waals surface area (Å²) in [5, 5.41) is 96.1. The number of nitriles is 11. The van der Waals surface area contributed by atoms with Crippen LogP contribution in [0.5, 0.6) is 23.0 Å². The Morgan fingerprint density at radius 1 is 0.390 bits per heavy atom. The first-order chi connectivity index (χ1) is 57.3. The highest BCUT2D eigenvalue weighted by Gasteiger charge is 2.12. The number of aromatic nitrogens is 3. The molecule has 0 saturated carbocycles. The molecule has 0 radical (unpaired) electrons. The summed E-state index contributed by atoms with van der Waals surface area (Å²) in [4.78, 5) is 121. The second kappa shape index (κ2) is 64.9. The van der Waals surface area contributed by atoms with Crippen LogP contribution in [0.4, 0.5) is 0 Å². The third kappa shape index (κ3) is 45.9. The van der Waals surface area contributed by atoms with Gasteiger partial charge >= 0.3 is 0 Å². The summed E-state index contributed by atoms with van der Waals surface area (Å²) in [7, 11) is 0. The lowest BCUT2D eigenvalue weighted by molar-refractivity contribution is -0.120. The smallest absolute Gasteiger partial charge is 0.211 e. The number of Topliss-reactive ketones (excluding diaryl/α,β-unsaturated/α-hetero) is 10. The average Bonchev–Trinajstić information content (AvgIpc) is 1.31. The van der Waals surface area contributed by atoms with Crippen LogP contribution in [-0.4, -0.2) is 99.2 Å². The molecule has 7 heterocycles. The van der Waals surface area contributed by atoms with Gasteiger partial charge in [0.2, 0.25) is 5.78 Å². The molecular formula is C86H68N14O16S2. The Bertz CT molecular complexity index is 4880. The average molecular weight is 1620 g/mol. The largest absolute Gasteiger partial charge is 0.486 e. The van der Waals surface area contributed by atoms with Crippen molar-refractivity contribution in [1.82, 2.24) is 15.0 Å². The summed E-state index contributed by atoms with van der Waals surface area (Å²) in [5.74, 6) is 0.329. The van der Waals surface area contributed by atoms with Gasteiger partial charge in [0.05, 0.1) is 141 Å². The molecule has 590 valence electrons. The van der Waals surface area contributed by atoms with E-state index in [2.05, 4.69) is 25.9 Å². The predicted molar refractivity (Wildman–Crippen MR) is 423 cm³/mol. The minimum atomic E-state index is -0.301. The number of thiophene rings is 2. The Balaban J connectivity index is 0.000000659. The van der Waals surface area contributed by atoms with Crippen molar-refractivity contribution in [2.75, 3.05) is 26.4 Å². The van der Waals surface area contributed by atoms with Crippen LogP contribution < -0.4 is 18.9 Å². The lowest BCUT2D eigenvalue weighted by Gasteiger charge is -2.10. The van der Waals surface area contributed by atoms with Crippen LogP contribution in [-0.2, 0) is 14.4 Å². The van der Waals surface area contributed by atoms with Crippen molar-refractivity contribution in [3.63, 3.8) is 0 Å². The monoisotopic (exact) mass is 1620 g/mol. The zero-order valence-electron chi connectivity index (χ0n) is 62.7. The molecule has 3 aromatic carbocycles. The van der Waals surface area contributed by atoms with Gasteiger partial charge in [-0.25, -0.2) is 0 Å². The fourth-order valence-corrected chi connectivity index (χ4v) is 8.75. The maximum atomic E-state index is 11.1. The Hall–Kier alpha value is -16.9. The van der Waals surface area contributed by atoms with E-state index in [0.717, 1.165) is 0 Å². The standard InChI is InChI=1S/C13H13NO3.C11H8N2O2.C10H9NO2.3C8H6N2O.2C7H5NO2.2C7H5NOS/c1-2-9-16-12-5-3-4-6-13(12)17-10-11(15)7-8-14;12-6-5-10(14)8-15-11-4-2-1-3-9(11)7-13;11-7-6-9(12)8-13-10-4-2-1-3-5-10;9-4-1-8(11)7-2-5-10-6-3-7;9-4-3-8(11)7-2-1-5-10-6-7;9-5-4-8(11)7-3-1-2-6-10-7;8-3-1-7(9)6-2-4-10-5-6;8-4-3-6(9)7-2-1-5-10-7;8-3-1-7(9)6-2-4-10-5-6;8-4-3-6(9)7-2-1-5-10-7/h2-6H,1,7,9-10H2;1-4H,5,8H2;1-5H,6,8H2;2-3,5-6H,1H2;1-2,5-6H,3H2;1-3,6H,4H2;2,4-5H,1H2;1-2,5H,3H2;2,4-5H,1H2;1-2,5H,3H2. The second-order valence-corrected chi connectivity index (χ2v) is 23.2. The molecule has 0 unspecified atom stereocenters. The van der Waals surface area contributed by atoms with Gasteiger partial charge < -0.3 is 27.8 Å². The fourth-order valence-electron chi connectivity index (χ4n) is 7.43. The highest BCUT2D eigenvalue weighted by atomic mass is 32.1. The number of ketones is 10. The van der Waals surface area contributed by atoms with E-state index < -0.39 is 0 Å². The molecule has 7 aromatic heterocycles. The summed E-state index contributed by atoms with van der Waals surface area (Å²) in [6, 6.07) is 64.0. The van der Waals surface area contributed by atoms with Crippen LogP contribution in [0.25, 0.3) is 0 Å². The number of benzene rings is 3. The number of carbonyl (C=O) groups is 10. The summed E-state index contributed by atoms with van der Waals surface area (Å²) in [6.07, 6.45) is 12.5. The second-order valence-electron chi connectivity index (χ2n) is 21.4. The van der Waals surface area contributed by atoms with E-state index in [1.165, 1.54) is 66.3 Å². The van der Waals surface area contributed by atoms with Crippen LogP contribution in [0.1, 0.15) is 142 Å². The minimum Gasteiger partial charge on any atom is -0.486 e. The highest BCUT2D eigenvalue weighted by Crippen LogP contribution is 2.26. The number of hydrogen-bond acceptors (Lipinski definition) is 32. The molecule has 0 amide bonds. The van der Waals surface area contributed by atoms with Gasteiger partial charge in [0.1, 0.15) is 68.8 Å². The molecule has 118 heavy (non-hydrogen) atoms. The summed E-state index contributed by atoms with van der Waals surface area (Å²) < 4.78 is 30.3. The summed E-state index contributed by atoms with van der Waals surface area (Å²) >= 11 is 2.83. The van der Waals surface area contributed by atoms with Crippen molar-refractivity contribution in [3.8, 4) is 89.8 Å². The van der Waals surface area contributed by atoms with E-state index >= 15 is 0 Å². The molecule has 0 aliphatic carbocycles. The van der Waals surface area contributed by atoms with Crippen molar-refractivity contribution in [2.45, 2.75) is 64.2 Å². The van der Waals surface area contributed by atoms with Crippen LogP contribution in [0, 0.1) is 125 Å². The van der Waals surface area contributed by atoms with Crippen LogP contribution in [0.3, 0.4) is 0 Å². The van der Waals surface area contributed by atoms with Gasteiger partial charge in [-0.05, 0) is 114 Å². The number of ether oxygens (including phenoxy) is 4. The van der Waals surface area contributed by atoms with Crippen molar-refractivity contribution in [3.05, 3.63) is 280 Å². The number of nitrogens with zero attached hydrogens (tertiary/aromatic N) is 14. The number of pyridine rings is 3. The van der Waals surface area contributed by atoms with Gasteiger partial charge in [-0.1, -0.05) is 67.3 Å². The first-order valence-electron chi connectivity index (χ1n) is 33.8. The van der Waals surface area contributed by atoms with Gasteiger partial charge in [-0.2, -0.15) is 69.2 Å². The minimum absolute atomic E-state index is 0.0134. The Morgan fingerprint density at radius 2 is 0.890 bits per heavy atom. The normalized spacial score (nSPS) is 8.75. The zero-order chi connectivity index (χ0) is 87.0. The molecule has 0 bridgehead atoms. The maximum absolute atomic E-state index is 11.1. The SMILES string of the molecule is C=CCOc1ccccc1OCC(=O)CC#N.N#CCC(=O)COc1ccccc1.N#CCC(=O)COc1ccccc1C#N.N#CCC(=O)c1ccccn1.N#CCC(=O)c1cccnc1.N#CCC(=O)c1ccco1.N#CCC(=O)c1cccs1.N#CCC(=O)c1ccncc1.N#CCC(=O)c1ccoc1.N#CCC(=O)c1ccsc1. The third-order valence-corrected chi connectivity index (χ3v) is 14.4. The molecule has 0 spiro atoms. The van der Waals surface area contributed by atoms with E-state index in [-0.39, 0.29) is 148 Å². The van der Waals surface area contributed by atoms with Gasteiger partial charge in [0.25, 0.3) is 0 Å². The molecule has 0 N–H and O–H groups in total. The molecule has 0 atom stereocenters. The number of para-hydroxylation sites is 4. The molecular weight excluding hydrogens is 1550 g/mol. The summed E-state index contributed by atoms with van der Waals surface area (Å²) in [5.41, 5.74) is 2.88. The first kappa shape index (κ1) is 99.1. The van der Waals surface area contributed by atoms with Crippen LogP contribution >= 0.6 is 22.7 Å². The van der Waals surface area contributed by atoms with E-state index in [4.69, 9.17) is 81.2 Å². The quantitative estimate of drug-likeness (QED) is 0.0310. The molecule has 10 rings (SSSR count). The fraction of sp³-hybridized carbons (Fsp3) is 0.163. The van der Waals surface area contributed by atoms with E-state index in [1.54, 1.807) is 200 Å². The van der Waals surface area contributed by atoms with Crippen molar-refractivity contribution in [2.24, 2.45) is 0 Å². The lowest BCUT2D eigenvalue weighted by atomic mass is 10.1. The predicted octanol–water partition coefficient (Wildman–Crippen LogP) is 15.1. The van der Waals surface area contributed by atoms with Gasteiger partial charge in [-0.15, -0.1) is 11.3 Å². The maximum Gasteiger partial charge on any atom is 0.211 e. The highest BCUT2D eigenvalue weighted by molar-refractivity contribution is 7.12. The molecule has 0 saturated heterocycles. The molecule has 0 aliphatic heterocycles. The Labute approximate surface area is 686 Å². The third-order valence-electron chi connectivity index (χ3n) is 12.9. The van der Waals surface area contributed by atoms with E-state index in [0.29, 0.717) is 68.0 Å². The van der Waals surface area contributed by atoms with Gasteiger partial charge in [0.15, 0.2) is 69.3 Å². The Morgan fingerprint density at radius 3 is 1.37 bits per heavy atom. The molecule has 10 aromatic rings. The molecule has 0 aliphatic rings. The number of furan rings is 2. The topological polar surface area (TPSA) is 534 Å². The van der Waals surface area contributed by atoms with Crippen molar-refractivity contribution >= 4 is 80.5 Å².